The number of aromatic nitrogens is 3. The Morgan fingerprint density at radius 3 is 2.66 bits per heavy atom. The molecule has 0 radical (unpaired) electrons. The van der Waals surface area contributed by atoms with Gasteiger partial charge in [-0.05, 0) is 36.5 Å². The van der Waals surface area contributed by atoms with E-state index in [-0.39, 0.29) is 48.2 Å². The number of anilines is 1. The van der Waals surface area contributed by atoms with Crippen molar-refractivity contribution in [2.75, 3.05) is 5.32 Å². The van der Waals surface area contributed by atoms with Crippen LogP contribution in [0.1, 0.15) is 37.7 Å². The number of alkyl halides is 2. The number of aromatic amines is 1. The molecule has 7 nitrogen and oxygen atoms in total. The van der Waals surface area contributed by atoms with Crippen molar-refractivity contribution in [1.82, 2.24) is 15.0 Å². The highest BCUT2D eigenvalue weighted by Crippen LogP contribution is 2.48. The van der Waals surface area contributed by atoms with E-state index in [4.69, 9.17) is 4.74 Å². The van der Waals surface area contributed by atoms with E-state index in [1.165, 1.54) is 24.5 Å². The lowest BCUT2D eigenvalue weighted by molar-refractivity contribution is -0.124. The average molecular weight is 490 g/mol. The molecule has 1 amide bonds. The number of nitrogens with zero attached hydrogens (tertiary/aromatic N) is 2. The molecule has 1 aromatic carbocycles. The van der Waals surface area contributed by atoms with Crippen LogP contribution in [0.5, 0.6) is 11.6 Å². The van der Waals surface area contributed by atoms with Gasteiger partial charge in [0.05, 0.1) is 12.4 Å². The maximum atomic E-state index is 14.6. The topological polar surface area (TPSA) is 97.0 Å². The minimum absolute atomic E-state index is 0.0696. The summed E-state index contributed by atoms with van der Waals surface area (Å²) in [5, 5.41) is 2.60. The monoisotopic (exact) mass is 490 g/mol. The number of amides is 1. The number of nitrogens with one attached hydrogen (secondary N) is 2. The van der Waals surface area contributed by atoms with E-state index in [1.807, 2.05) is 0 Å². The van der Waals surface area contributed by atoms with Gasteiger partial charge in [-0.15, -0.1) is 0 Å². The highest BCUT2D eigenvalue weighted by Gasteiger charge is 2.47. The molecular formula is C24H22F4N4O3. The van der Waals surface area contributed by atoms with Gasteiger partial charge in [0.15, 0.2) is 17.4 Å². The molecule has 1 fully saturated rings. The molecule has 1 aliphatic carbocycles. The fraction of sp³-hybridized carbons (Fsp3) is 0.333. The molecule has 35 heavy (non-hydrogen) atoms. The summed E-state index contributed by atoms with van der Waals surface area (Å²) in [7, 11) is 0. The standard InChI is InChI=1S/C24H22F4N4O3/c1-13(14-6-7-24(27,28)17(8-14)15-2-5-21(33)30-10-15)23(34)32-20-11-31-22(12-29-20)35-19-4-3-16(25)9-18(19)26/h2-5,9-14,17H,6-8H2,1H3,(H,30,33)(H,29,32,34)/t13?,14-,17+/m0/s1. The van der Waals surface area contributed by atoms with Crippen LogP contribution in [0.2, 0.25) is 0 Å². The normalized spacial score (nSPS) is 20.1. The molecule has 2 heterocycles. The van der Waals surface area contributed by atoms with Gasteiger partial charge in [0.2, 0.25) is 17.3 Å². The van der Waals surface area contributed by atoms with E-state index < -0.39 is 35.3 Å². The highest BCUT2D eigenvalue weighted by atomic mass is 19.3. The number of benzene rings is 1. The van der Waals surface area contributed by atoms with Crippen LogP contribution in [0.4, 0.5) is 23.4 Å². The minimum atomic E-state index is -2.95. The quantitative estimate of drug-likeness (QED) is 0.473. The largest absolute Gasteiger partial charge is 0.434 e. The number of hydrogen-bond acceptors (Lipinski definition) is 5. The maximum absolute atomic E-state index is 14.6. The second-order valence-corrected chi connectivity index (χ2v) is 8.53. The zero-order valence-electron chi connectivity index (χ0n) is 18.6. The van der Waals surface area contributed by atoms with Crippen LogP contribution in [0, 0.1) is 23.5 Å². The van der Waals surface area contributed by atoms with Crippen molar-refractivity contribution in [3.8, 4) is 11.6 Å². The van der Waals surface area contributed by atoms with Gasteiger partial charge < -0.3 is 15.0 Å². The molecule has 11 heteroatoms. The van der Waals surface area contributed by atoms with Gasteiger partial charge in [0.25, 0.3) is 5.92 Å². The number of rotatable bonds is 6. The number of ether oxygens (including phenoxy) is 1. The Balaban J connectivity index is 1.39. The summed E-state index contributed by atoms with van der Waals surface area (Å²) in [4.78, 5) is 34.5. The molecule has 0 aliphatic heterocycles. The van der Waals surface area contributed by atoms with E-state index >= 15 is 0 Å². The summed E-state index contributed by atoms with van der Waals surface area (Å²) >= 11 is 0. The van der Waals surface area contributed by atoms with Crippen molar-refractivity contribution in [2.45, 2.75) is 38.0 Å². The van der Waals surface area contributed by atoms with Crippen molar-refractivity contribution in [3.63, 3.8) is 0 Å². The summed E-state index contributed by atoms with van der Waals surface area (Å²) < 4.78 is 61.2. The first-order valence-electron chi connectivity index (χ1n) is 10.9. The van der Waals surface area contributed by atoms with Crippen molar-refractivity contribution in [2.24, 2.45) is 11.8 Å². The Morgan fingerprint density at radius 2 is 2.00 bits per heavy atom. The molecule has 2 N–H and O–H groups in total. The third kappa shape index (κ3) is 5.67. The molecular weight excluding hydrogens is 468 g/mol. The number of carbonyl (C=O) groups excluding carboxylic acids is 1. The first kappa shape index (κ1) is 24.4. The number of hydrogen-bond donors (Lipinski definition) is 2. The summed E-state index contributed by atoms with van der Waals surface area (Å²) in [5.74, 6) is -7.24. The molecule has 0 spiro atoms. The number of carbonyl (C=O) groups is 1. The third-order valence-corrected chi connectivity index (χ3v) is 6.22. The zero-order chi connectivity index (χ0) is 25.2. The van der Waals surface area contributed by atoms with Gasteiger partial charge in [-0.25, -0.2) is 27.5 Å². The predicted molar refractivity (Wildman–Crippen MR) is 118 cm³/mol. The van der Waals surface area contributed by atoms with Crippen LogP contribution in [0.3, 0.4) is 0 Å². The SMILES string of the molecule is CC(C(=O)Nc1cnc(Oc2ccc(F)cc2F)cn1)[C@H]1CCC(F)(F)[C@@H](c2ccc(=O)[nH]c2)C1. The molecule has 1 aliphatic rings. The summed E-state index contributed by atoms with van der Waals surface area (Å²) in [5.41, 5.74) is -0.0524. The third-order valence-electron chi connectivity index (χ3n) is 6.22. The molecule has 3 atom stereocenters. The van der Waals surface area contributed by atoms with Gasteiger partial charge >= 0.3 is 0 Å². The van der Waals surface area contributed by atoms with E-state index in [0.717, 1.165) is 18.3 Å². The average Bonchev–Trinajstić information content (AvgIpc) is 2.82. The van der Waals surface area contributed by atoms with Crippen molar-refractivity contribution >= 4 is 11.7 Å². The van der Waals surface area contributed by atoms with Crippen molar-refractivity contribution in [1.29, 1.82) is 0 Å². The second-order valence-electron chi connectivity index (χ2n) is 8.53. The molecule has 0 bridgehead atoms. The molecule has 2 aromatic heterocycles. The zero-order valence-corrected chi connectivity index (χ0v) is 18.6. The van der Waals surface area contributed by atoms with Crippen molar-refractivity contribution in [3.05, 3.63) is 76.5 Å². The second kappa shape index (κ2) is 9.85. The van der Waals surface area contributed by atoms with Gasteiger partial charge in [-0.3, -0.25) is 9.59 Å². The Kier molecular flexibility index (Phi) is 6.86. The lowest BCUT2D eigenvalue weighted by Gasteiger charge is -2.38. The van der Waals surface area contributed by atoms with Gasteiger partial charge in [0, 0.05) is 36.6 Å². The molecule has 1 saturated carbocycles. The van der Waals surface area contributed by atoms with Gasteiger partial charge in [0.1, 0.15) is 5.82 Å². The van der Waals surface area contributed by atoms with E-state index in [0.29, 0.717) is 11.6 Å². The van der Waals surface area contributed by atoms with Crippen LogP contribution in [0.25, 0.3) is 0 Å². The Labute approximate surface area is 197 Å². The van der Waals surface area contributed by atoms with E-state index in [9.17, 15) is 27.2 Å². The van der Waals surface area contributed by atoms with Crippen LogP contribution >= 0.6 is 0 Å². The molecule has 1 unspecified atom stereocenters. The first-order valence-corrected chi connectivity index (χ1v) is 10.9. The number of pyridine rings is 1. The van der Waals surface area contributed by atoms with Crippen LogP contribution in [-0.4, -0.2) is 26.8 Å². The molecule has 4 rings (SSSR count). The van der Waals surface area contributed by atoms with Gasteiger partial charge in [-0.2, -0.15) is 0 Å². The predicted octanol–water partition coefficient (Wildman–Crippen LogP) is 5.03. The number of halogens is 4. The summed E-state index contributed by atoms with van der Waals surface area (Å²) in [6, 6.07) is 5.41. The Bertz CT molecular complexity index is 1250. The van der Waals surface area contributed by atoms with Gasteiger partial charge in [-0.1, -0.05) is 13.0 Å². The summed E-state index contributed by atoms with van der Waals surface area (Å²) in [6.45, 7) is 1.66. The van der Waals surface area contributed by atoms with Crippen molar-refractivity contribution < 1.29 is 27.1 Å². The summed E-state index contributed by atoms with van der Waals surface area (Å²) in [6.07, 6.45) is 3.55. The van der Waals surface area contributed by atoms with Crippen LogP contribution in [0.15, 0.2) is 53.7 Å². The van der Waals surface area contributed by atoms with Crippen LogP contribution < -0.4 is 15.6 Å². The fourth-order valence-electron chi connectivity index (χ4n) is 4.18. The molecule has 3 aromatic rings. The van der Waals surface area contributed by atoms with E-state index in [1.54, 1.807) is 6.92 Å². The smallest absolute Gasteiger partial charge is 0.254 e. The fourth-order valence-corrected chi connectivity index (χ4v) is 4.18. The Morgan fingerprint density at radius 1 is 1.20 bits per heavy atom. The maximum Gasteiger partial charge on any atom is 0.254 e. The lowest BCUT2D eigenvalue weighted by atomic mass is 9.71. The van der Waals surface area contributed by atoms with Crippen LogP contribution in [-0.2, 0) is 4.79 Å². The molecule has 184 valence electrons. The minimum Gasteiger partial charge on any atom is -0.434 e. The first-order chi connectivity index (χ1) is 16.6. The number of H-pyrrole nitrogens is 1. The molecule has 0 saturated heterocycles. The lowest BCUT2D eigenvalue weighted by Crippen LogP contribution is -2.38. The highest BCUT2D eigenvalue weighted by molar-refractivity contribution is 5.91. The van der Waals surface area contributed by atoms with E-state index in [2.05, 4.69) is 20.3 Å². The Hall–Kier alpha value is -3.76.